The van der Waals surface area contributed by atoms with Crippen molar-refractivity contribution in [1.29, 1.82) is 0 Å². The maximum atomic E-state index is 12.2. The number of rotatable bonds is 7. The van der Waals surface area contributed by atoms with Crippen LogP contribution >= 0.6 is 0 Å². The van der Waals surface area contributed by atoms with Crippen molar-refractivity contribution in [2.24, 2.45) is 0 Å². The minimum absolute atomic E-state index is 0.146. The summed E-state index contributed by atoms with van der Waals surface area (Å²) in [4.78, 5) is 4.19. The van der Waals surface area contributed by atoms with Crippen molar-refractivity contribution in [1.82, 2.24) is 9.71 Å². The minimum atomic E-state index is -3.55. The molecule has 1 N–H and O–H groups in total. The SMILES string of the molecule is Cc1ccc(Oc2cc(CNS(=O)(=O)/C=C/c3ccccc3)ccn2)cc1C. The van der Waals surface area contributed by atoms with Gasteiger partial charge in [0, 0.05) is 24.2 Å². The summed E-state index contributed by atoms with van der Waals surface area (Å²) in [6.07, 6.45) is 3.16. The molecule has 5 nitrogen and oxygen atoms in total. The second-order valence-electron chi connectivity index (χ2n) is 6.43. The van der Waals surface area contributed by atoms with Crippen LogP contribution in [0.3, 0.4) is 0 Å². The van der Waals surface area contributed by atoms with Crippen molar-refractivity contribution in [3.8, 4) is 11.6 Å². The number of benzene rings is 2. The summed E-state index contributed by atoms with van der Waals surface area (Å²) in [5, 5.41) is 1.16. The summed E-state index contributed by atoms with van der Waals surface area (Å²) in [6, 6.07) is 18.6. The summed E-state index contributed by atoms with van der Waals surface area (Å²) in [6.45, 7) is 4.20. The maximum absolute atomic E-state index is 12.2. The number of aryl methyl sites for hydroxylation is 2. The van der Waals surface area contributed by atoms with Crippen molar-refractivity contribution in [3.05, 3.63) is 94.5 Å². The highest BCUT2D eigenvalue weighted by molar-refractivity contribution is 7.92. The van der Waals surface area contributed by atoms with E-state index in [1.807, 2.05) is 62.4 Å². The Morgan fingerprint density at radius 3 is 2.54 bits per heavy atom. The summed E-state index contributed by atoms with van der Waals surface area (Å²) >= 11 is 0. The van der Waals surface area contributed by atoms with Gasteiger partial charge in [-0.25, -0.2) is 18.1 Å². The Morgan fingerprint density at radius 2 is 1.79 bits per heavy atom. The van der Waals surface area contributed by atoms with E-state index in [4.69, 9.17) is 4.74 Å². The van der Waals surface area contributed by atoms with Gasteiger partial charge in [0.15, 0.2) is 0 Å². The van der Waals surface area contributed by atoms with Gasteiger partial charge < -0.3 is 4.74 Å². The monoisotopic (exact) mass is 394 g/mol. The van der Waals surface area contributed by atoms with Gasteiger partial charge in [0.1, 0.15) is 5.75 Å². The van der Waals surface area contributed by atoms with Crippen LogP contribution < -0.4 is 9.46 Å². The van der Waals surface area contributed by atoms with Crippen molar-refractivity contribution in [3.63, 3.8) is 0 Å². The van der Waals surface area contributed by atoms with Crippen LogP contribution in [0.1, 0.15) is 22.3 Å². The lowest BCUT2D eigenvalue weighted by atomic mass is 10.1. The molecule has 0 aliphatic rings. The molecule has 2 aromatic carbocycles. The molecule has 0 bridgehead atoms. The first-order valence-electron chi connectivity index (χ1n) is 8.84. The fourth-order valence-corrected chi connectivity index (χ4v) is 3.28. The van der Waals surface area contributed by atoms with Gasteiger partial charge in [-0.15, -0.1) is 0 Å². The van der Waals surface area contributed by atoms with E-state index in [-0.39, 0.29) is 6.54 Å². The van der Waals surface area contributed by atoms with Gasteiger partial charge in [0.2, 0.25) is 15.9 Å². The highest BCUT2D eigenvalue weighted by atomic mass is 32.2. The lowest BCUT2D eigenvalue weighted by molar-refractivity contribution is 0.461. The van der Waals surface area contributed by atoms with Gasteiger partial charge in [0.25, 0.3) is 0 Å². The molecule has 0 aliphatic heterocycles. The molecule has 28 heavy (non-hydrogen) atoms. The molecule has 0 fully saturated rings. The molecule has 0 saturated carbocycles. The molecule has 144 valence electrons. The normalized spacial score (nSPS) is 11.6. The number of ether oxygens (including phenoxy) is 1. The van der Waals surface area contributed by atoms with E-state index in [9.17, 15) is 8.42 Å². The van der Waals surface area contributed by atoms with E-state index >= 15 is 0 Å². The van der Waals surface area contributed by atoms with Crippen LogP contribution in [-0.4, -0.2) is 13.4 Å². The quantitative estimate of drug-likeness (QED) is 0.637. The zero-order valence-corrected chi connectivity index (χ0v) is 16.6. The first-order valence-corrected chi connectivity index (χ1v) is 10.4. The summed E-state index contributed by atoms with van der Waals surface area (Å²) in [5.74, 6) is 1.11. The lowest BCUT2D eigenvalue weighted by Gasteiger charge is -2.09. The van der Waals surface area contributed by atoms with E-state index in [0.717, 1.165) is 22.1 Å². The zero-order valence-electron chi connectivity index (χ0n) is 15.8. The van der Waals surface area contributed by atoms with Crippen molar-refractivity contribution in [2.75, 3.05) is 0 Å². The molecule has 1 aromatic heterocycles. The van der Waals surface area contributed by atoms with Gasteiger partial charge in [-0.2, -0.15) is 0 Å². The van der Waals surface area contributed by atoms with Crippen molar-refractivity contribution in [2.45, 2.75) is 20.4 Å². The van der Waals surface area contributed by atoms with E-state index < -0.39 is 10.0 Å². The molecular weight excluding hydrogens is 372 g/mol. The number of hydrogen-bond donors (Lipinski definition) is 1. The number of pyridine rings is 1. The van der Waals surface area contributed by atoms with Crippen LogP contribution in [0.15, 0.2) is 72.3 Å². The van der Waals surface area contributed by atoms with Gasteiger partial charge in [-0.1, -0.05) is 36.4 Å². The Kier molecular flexibility index (Phi) is 6.23. The number of nitrogens with one attached hydrogen (secondary N) is 1. The van der Waals surface area contributed by atoms with Crippen LogP contribution in [0, 0.1) is 13.8 Å². The van der Waals surface area contributed by atoms with Crippen molar-refractivity contribution < 1.29 is 13.2 Å². The van der Waals surface area contributed by atoms with Gasteiger partial charge in [0.05, 0.1) is 0 Å². The van der Waals surface area contributed by atoms with Crippen LogP contribution in [0.5, 0.6) is 11.6 Å². The minimum Gasteiger partial charge on any atom is -0.439 e. The van der Waals surface area contributed by atoms with Crippen LogP contribution in [0.25, 0.3) is 6.08 Å². The molecule has 0 spiro atoms. The predicted molar refractivity (Wildman–Crippen MR) is 111 cm³/mol. The third kappa shape index (κ3) is 5.77. The highest BCUT2D eigenvalue weighted by Gasteiger charge is 2.07. The molecule has 0 unspecified atom stereocenters. The maximum Gasteiger partial charge on any atom is 0.234 e. The fourth-order valence-electron chi connectivity index (χ4n) is 2.48. The summed E-state index contributed by atoms with van der Waals surface area (Å²) in [7, 11) is -3.55. The Morgan fingerprint density at radius 1 is 1.00 bits per heavy atom. The standard InChI is InChI=1S/C22H22N2O3S/c1-17-8-9-21(14-18(17)2)27-22-15-20(10-12-23-22)16-24-28(25,26)13-11-19-6-4-3-5-7-19/h3-15,24H,16H2,1-2H3/b13-11+. The van der Waals surface area contributed by atoms with Crippen LogP contribution in [-0.2, 0) is 16.6 Å². The average molecular weight is 394 g/mol. The highest BCUT2D eigenvalue weighted by Crippen LogP contribution is 2.22. The molecule has 0 radical (unpaired) electrons. The largest absolute Gasteiger partial charge is 0.439 e. The molecule has 0 amide bonds. The van der Waals surface area contributed by atoms with E-state index in [2.05, 4.69) is 9.71 Å². The van der Waals surface area contributed by atoms with Crippen molar-refractivity contribution >= 4 is 16.1 Å². The topological polar surface area (TPSA) is 68.3 Å². The Labute approximate surface area is 165 Å². The van der Waals surface area contributed by atoms with Crippen LogP contribution in [0.2, 0.25) is 0 Å². The second-order valence-corrected chi connectivity index (χ2v) is 8.08. The summed E-state index contributed by atoms with van der Waals surface area (Å²) < 4.78 is 32.7. The van der Waals surface area contributed by atoms with Gasteiger partial charge >= 0.3 is 0 Å². The third-order valence-corrected chi connectivity index (χ3v) is 5.26. The molecule has 3 rings (SSSR count). The number of sulfonamides is 1. The molecule has 0 aliphatic carbocycles. The van der Waals surface area contributed by atoms with E-state index in [1.165, 1.54) is 5.56 Å². The first kappa shape index (κ1) is 19.8. The lowest BCUT2D eigenvalue weighted by Crippen LogP contribution is -2.20. The smallest absolute Gasteiger partial charge is 0.234 e. The predicted octanol–water partition coefficient (Wildman–Crippen LogP) is 4.58. The Balaban J connectivity index is 1.64. The molecular formula is C22H22N2O3S. The van der Waals surface area contributed by atoms with E-state index in [1.54, 1.807) is 24.4 Å². The summed E-state index contributed by atoms with van der Waals surface area (Å²) in [5.41, 5.74) is 3.89. The third-order valence-electron chi connectivity index (χ3n) is 4.22. The molecule has 1 heterocycles. The van der Waals surface area contributed by atoms with Crippen LogP contribution in [0.4, 0.5) is 0 Å². The number of nitrogens with zero attached hydrogens (tertiary/aromatic N) is 1. The molecule has 3 aromatic rings. The zero-order chi connectivity index (χ0) is 20.0. The fraction of sp³-hybridized carbons (Fsp3) is 0.136. The van der Waals surface area contributed by atoms with Gasteiger partial charge in [-0.05, 0) is 60.4 Å². The molecule has 0 saturated heterocycles. The Bertz CT molecular complexity index is 1080. The molecule has 6 heteroatoms. The Hall–Kier alpha value is -2.96. The average Bonchev–Trinajstić information content (AvgIpc) is 2.69. The number of aromatic nitrogens is 1. The van der Waals surface area contributed by atoms with E-state index in [0.29, 0.717) is 11.6 Å². The molecule has 0 atom stereocenters. The van der Waals surface area contributed by atoms with Gasteiger partial charge in [-0.3, -0.25) is 0 Å². The number of hydrogen-bond acceptors (Lipinski definition) is 4. The first-order chi connectivity index (χ1) is 13.4. The second kappa shape index (κ2) is 8.82.